The molecule has 1 aliphatic rings. The molecule has 0 nitrogen and oxygen atoms in total. The number of hydrogen-bond donors (Lipinski definition) is 0. The molecule has 0 bridgehead atoms. The highest BCUT2D eigenvalue weighted by Crippen LogP contribution is 2.37. The maximum Gasteiger partial charge on any atom is 0.0310 e. The number of halogens is 1. The fourth-order valence-corrected chi connectivity index (χ4v) is 3.21. The molecule has 0 aromatic rings. The van der Waals surface area contributed by atoms with E-state index in [2.05, 4.69) is 20.8 Å². The molecule has 1 saturated carbocycles. The van der Waals surface area contributed by atoms with Crippen LogP contribution in [-0.4, -0.2) is 5.38 Å². The molecule has 0 amide bonds. The third kappa shape index (κ3) is 3.81. The van der Waals surface area contributed by atoms with Crippen LogP contribution in [0.25, 0.3) is 0 Å². The third-order valence-corrected chi connectivity index (χ3v) is 4.08. The van der Waals surface area contributed by atoms with Crippen molar-refractivity contribution < 1.29 is 0 Å². The van der Waals surface area contributed by atoms with E-state index < -0.39 is 0 Å². The van der Waals surface area contributed by atoms with Crippen molar-refractivity contribution in [2.45, 2.75) is 64.7 Å². The van der Waals surface area contributed by atoms with Crippen LogP contribution in [-0.2, 0) is 0 Å². The van der Waals surface area contributed by atoms with Crippen LogP contribution in [0.15, 0.2) is 0 Å². The van der Waals surface area contributed by atoms with Crippen molar-refractivity contribution in [1.29, 1.82) is 0 Å². The monoisotopic (exact) mass is 216 g/mol. The van der Waals surface area contributed by atoms with Gasteiger partial charge >= 0.3 is 0 Å². The standard InChI is InChI=1S/C13H25Cl/c1-4-12-6-5-7-13(9-12)10(2)8-11(3)14/h10-13H,4-9H2,1-3H3. The van der Waals surface area contributed by atoms with E-state index >= 15 is 0 Å². The smallest absolute Gasteiger partial charge is 0.0310 e. The molecule has 0 N–H and O–H groups in total. The molecule has 0 spiro atoms. The molecule has 0 saturated heterocycles. The molecular weight excluding hydrogens is 192 g/mol. The fourth-order valence-electron chi connectivity index (χ4n) is 2.92. The summed E-state index contributed by atoms with van der Waals surface area (Å²) in [4.78, 5) is 0. The van der Waals surface area contributed by atoms with Gasteiger partial charge in [0.2, 0.25) is 0 Å². The second kappa shape index (κ2) is 6.00. The molecule has 4 atom stereocenters. The van der Waals surface area contributed by atoms with Crippen molar-refractivity contribution in [1.82, 2.24) is 0 Å². The van der Waals surface area contributed by atoms with Crippen molar-refractivity contribution in [3.05, 3.63) is 0 Å². The Balaban J connectivity index is 2.35. The summed E-state index contributed by atoms with van der Waals surface area (Å²) in [5.74, 6) is 2.79. The zero-order valence-electron chi connectivity index (χ0n) is 9.93. The number of hydrogen-bond acceptors (Lipinski definition) is 0. The van der Waals surface area contributed by atoms with Gasteiger partial charge in [-0.1, -0.05) is 39.5 Å². The molecular formula is C13H25Cl. The van der Waals surface area contributed by atoms with Gasteiger partial charge in [-0.05, 0) is 37.5 Å². The van der Waals surface area contributed by atoms with Crippen molar-refractivity contribution in [3.8, 4) is 0 Å². The predicted octanol–water partition coefficient (Wildman–Crippen LogP) is 4.86. The Bertz CT molecular complexity index is 153. The third-order valence-electron chi connectivity index (χ3n) is 3.90. The maximum atomic E-state index is 6.06. The lowest BCUT2D eigenvalue weighted by molar-refractivity contribution is 0.194. The van der Waals surface area contributed by atoms with Gasteiger partial charge in [-0.3, -0.25) is 0 Å². The Kier molecular flexibility index (Phi) is 5.30. The molecule has 84 valence electrons. The first-order chi connectivity index (χ1) is 6.63. The van der Waals surface area contributed by atoms with Gasteiger partial charge in [-0.15, -0.1) is 11.6 Å². The van der Waals surface area contributed by atoms with Crippen LogP contribution >= 0.6 is 11.6 Å². The van der Waals surface area contributed by atoms with Crippen LogP contribution < -0.4 is 0 Å². The molecule has 0 heterocycles. The van der Waals surface area contributed by atoms with Gasteiger partial charge in [0, 0.05) is 5.38 Å². The van der Waals surface area contributed by atoms with Crippen LogP contribution in [0.4, 0.5) is 0 Å². The van der Waals surface area contributed by atoms with Gasteiger partial charge in [-0.2, -0.15) is 0 Å². The lowest BCUT2D eigenvalue weighted by Gasteiger charge is -2.33. The predicted molar refractivity (Wildman–Crippen MR) is 64.8 cm³/mol. The van der Waals surface area contributed by atoms with Crippen molar-refractivity contribution >= 4 is 11.6 Å². The quantitative estimate of drug-likeness (QED) is 0.589. The van der Waals surface area contributed by atoms with E-state index in [1.54, 1.807) is 0 Å². The van der Waals surface area contributed by atoms with Crippen molar-refractivity contribution in [2.75, 3.05) is 0 Å². The van der Waals surface area contributed by atoms with E-state index in [-0.39, 0.29) is 0 Å². The fraction of sp³-hybridized carbons (Fsp3) is 1.00. The summed E-state index contributed by atoms with van der Waals surface area (Å²) in [5.41, 5.74) is 0. The minimum atomic E-state index is 0.354. The first-order valence-corrected chi connectivity index (χ1v) is 6.71. The first kappa shape index (κ1) is 12.4. The van der Waals surface area contributed by atoms with Gasteiger partial charge in [0.15, 0.2) is 0 Å². The highest BCUT2D eigenvalue weighted by Gasteiger charge is 2.25. The van der Waals surface area contributed by atoms with E-state index in [9.17, 15) is 0 Å². The molecule has 1 aliphatic carbocycles. The largest absolute Gasteiger partial charge is 0.123 e. The Labute approximate surface area is 94.4 Å². The molecule has 0 aromatic heterocycles. The van der Waals surface area contributed by atoms with Gasteiger partial charge < -0.3 is 0 Å². The number of rotatable bonds is 4. The number of alkyl halides is 1. The van der Waals surface area contributed by atoms with Gasteiger partial charge in [-0.25, -0.2) is 0 Å². The molecule has 4 unspecified atom stereocenters. The Morgan fingerprint density at radius 2 is 2.00 bits per heavy atom. The Hall–Kier alpha value is 0.290. The molecule has 0 aliphatic heterocycles. The summed E-state index contributed by atoms with van der Waals surface area (Å²) in [6.07, 6.45) is 8.39. The Morgan fingerprint density at radius 3 is 2.57 bits per heavy atom. The summed E-state index contributed by atoms with van der Waals surface area (Å²) in [6.45, 7) is 6.85. The average Bonchev–Trinajstić information content (AvgIpc) is 2.17. The van der Waals surface area contributed by atoms with Crippen molar-refractivity contribution in [2.24, 2.45) is 17.8 Å². The van der Waals surface area contributed by atoms with Gasteiger partial charge in [0.25, 0.3) is 0 Å². The normalized spacial score (nSPS) is 32.6. The van der Waals surface area contributed by atoms with E-state index in [4.69, 9.17) is 11.6 Å². The topological polar surface area (TPSA) is 0 Å². The Morgan fingerprint density at radius 1 is 1.29 bits per heavy atom. The van der Waals surface area contributed by atoms with Gasteiger partial charge in [0.1, 0.15) is 0 Å². The summed E-state index contributed by atoms with van der Waals surface area (Å²) >= 11 is 6.06. The van der Waals surface area contributed by atoms with E-state index in [0.717, 1.165) is 17.8 Å². The van der Waals surface area contributed by atoms with Crippen molar-refractivity contribution in [3.63, 3.8) is 0 Å². The second-order valence-electron chi connectivity index (χ2n) is 5.19. The van der Waals surface area contributed by atoms with Gasteiger partial charge in [0.05, 0.1) is 0 Å². The van der Waals surface area contributed by atoms with Crippen LogP contribution in [0, 0.1) is 17.8 Å². The zero-order chi connectivity index (χ0) is 10.6. The van der Waals surface area contributed by atoms with Crippen LogP contribution in [0.3, 0.4) is 0 Å². The van der Waals surface area contributed by atoms with E-state index in [1.807, 2.05) is 0 Å². The minimum Gasteiger partial charge on any atom is -0.123 e. The molecule has 1 heteroatoms. The highest BCUT2D eigenvalue weighted by molar-refractivity contribution is 6.20. The summed E-state index contributed by atoms with van der Waals surface area (Å²) < 4.78 is 0. The molecule has 14 heavy (non-hydrogen) atoms. The van der Waals surface area contributed by atoms with Crippen LogP contribution in [0.5, 0.6) is 0 Å². The lowest BCUT2D eigenvalue weighted by Crippen LogP contribution is -2.22. The van der Waals surface area contributed by atoms with E-state index in [1.165, 1.54) is 38.5 Å². The summed E-state index contributed by atoms with van der Waals surface area (Å²) in [7, 11) is 0. The van der Waals surface area contributed by atoms with Crippen LogP contribution in [0.1, 0.15) is 59.3 Å². The van der Waals surface area contributed by atoms with E-state index in [0.29, 0.717) is 5.38 Å². The SMILES string of the molecule is CCC1CCCC(C(C)CC(C)Cl)C1. The second-order valence-corrected chi connectivity index (χ2v) is 5.94. The first-order valence-electron chi connectivity index (χ1n) is 6.27. The zero-order valence-corrected chi connectivity index (χ0v) is 10.7. The molecule has 1 fully saturated rings. The highest BCUT2D eigenvalue weighted by atomic mass is 35.5. The average molecular weight is 217 g/mol. The molecule has 0 radical (unpaired) electrons. The van der Waals surface area contributed by atoms with Crippen LogP contribution in [0.2, 0.25) is 0 Å². The minimum absolute atomic E-state index is 0.354. The maximum absolute atomic E-state index is 6.06. The lowest BCUT2D eigenvalue weighted by atomic mass is 9.74. The summed E-state index contributed by atoms with van der Waals surface area (Å²) in [6, 6.07) is 0. The molecule has 0 aromatic carbocycles. The molecule has 1 rings (SSSR count). The summed E-state index contributed by atoms with van der Waals surface area (Å²) in [5, 5.41) is 0.354.